The lowest BCUT2D eigenvalue weighted by Gasteiger charge is -2.21. The van der Waals surface area contributed by atoms with Crippen LogP contribution in [0.3, 0.4) is 0 Å². The molecule has 0 unspecified atom stereocenters. The summed E-state index contributed by atoms with van der Waals surface area (Å²) in [6.07, 6.45) is 3.93. The van der Waals surface area contributed by atoms with E-state index in [1.54, 1.807) is 23.1 Å². The van der Waals surface area contributed by atoms with Crippen LogP contribution in [0, 0.1) is 26.7 Å². The zero-order chi connectivity index (χ0) is 24.2. The summed E-state index contributed by atoms with van der Waals surface area (Å²) in [7, 11) is 1.99. The van der Waals surface area contributed by atoms with Gasteiger partial charge in [-0.15, -0.1) is 21.5 Å². The van der Waals surface area contributed by atoms with Gasteiger partial charge in [-0.1, -0.05) is 36.0 Å². The Morgan fingerprint density at radius 3 is 2.69 bits per heavy atom. The molecule has 2 fully saturated rings. The van der Waals surface area contributed by atoms with Gasteiger partial charge in [-0.25, -0.2) is 9.97 Å². The molecule has 1 aliphatic carbocycles. The molecule has 182 valence electrons. The molecule has 1 saturated carbocycles. The highest BCUT2D eigenvalue weighted by atomic mass is 32.2. The smallest absolute Gasteiger partial charge is 0.202 e. The van der Waals surface area contributed by atoms with E-state index in [-0.39, 0.29) is 0 Å². The van der Waals surface area contributed by atoms with Crippen LogP contribution in [0.5, 0.6) is 0 Å². The Hall–Kier alpha value is -2.49. The fourth-order valence-electron chi connectivity index (χ4n) is 5.56. The maximum Gasteiger partial charge on any atom is 0.202 e. The zero-order valence-electron chi connectivity index (χ0n) is 20.6. The Bertz CT molecular complexity index is 1360. The lowest BCUT2D eigenvalue weighted by atomic mass is 9.94. The Morgan fingerprint density at radius 1 is 1.14 bits per heavy atom. The van der Waals surface area contributed by atoms with E-state index >= 15 is 0 Å². The largest absolute Gasteiger partial charge is 0.440 e. The SMILES string of the molecule is Cc1nc(C)c(-c2ccc([C@@]34C[C@@H]3CN(CCCSc3nnc(-c5ocnc5C)n3C)C4)cc2)s1. The number of aromatic nitrogens is 5. The molecule has 0 N–H and O–H groups in total. The van der Waals surface area contributed by atoms with E-state index in [9.17, 15) is 0 Å². The second kappa shape index (κ2) is 8.87. The van der Waals surface area contributed by atoms with Gasteiger partial charge in [-0.05, 0) is 57.2 Å². The summed E-state index contributed by atoms with van der Waals surface area (Å²) >= 11 is 3.55. The van der Waals surface area contributed by atoms with Crippen LogP contribution < -0.4 is 0 Å². The van der Waals surface area contributed by atoms with E-state index in [0.29, 0.717) is 11.2 Å². The van der Waals surface area contributed by atoms with Crippen LogP contribution in [-0.2, 0) is 12.5 Å². The number of oxazole rings is 1. The van der Waals surface area contributed by atoms with Crippen molar-refractivity contribution in [1.82, 2.24) is 29.6 Å². The number of likely N-dealkylation sites (tertiary alicyclic amines) is 1. The monoisotopic (exact) mass is 506 g/mol. The van der Waals surface area contributed by atoms with E-state index in [2.05, 4.69) is 63.2 Å². The van der Waals surface area contributed by atoms with Gasteiger partial charge >= 0.3 is 0 Å². The van der Waals surface area contributed by atoms with E-state index in [4.69, 9.17) is 4.42 Å². The molecule has 35 heavy (non-hydrogen) atoms. The summed E-state index contributed by atoms with van der Waals surface area (Å²) in [6, 6.07) is 9.33. The van der Waals surface area contributed by atoms with Crippen LogP contribution in [-0.4, -0.2) is 55.0 Å². The molecule has 2 aliphatic rings. The molecular weight excluding hydrogens is 476 g/mol. The normalized spacial score (nSPS) is 21.5. The van der Waals surface area contributed by atoms with Gasteiger partial charge < -0.3 is 13.9 Å². The molecule has 2 atom stereocenters. The first kappa shape index (κ1) is 22.9. The van der Waals surface area contributed by atoms with Gasteiger partial charge in [0.25, 0.3) is 0 Å². The number of fused-ring (bicyclic) bond motifs is 1. The predicted molar refractivity (Wildman–Crippen MR) is 140 cm³/mol. The van der Waals surface area contributed by atoms with Crippen molar-refractivity contribution in [2.24, 2.45) is 13.0 Å². The second-order valence-electron chi connectivity index (χ2n) is 9.85. The molecule has 4 aromatic rings. The molecule has 7 nitrogen and oxygen atoms in total. The average Bonchev–Trinajstić information content (AvgIpc) is 3.25. The molecule has 3 aromatic heterocycles. The highest BCUT2D eigenvalue weighted by Crippen LogP contribution is 2.59. The number of nitrogens with zero attached hydrogens (tertiary/aromatic N) is 6. The van der Waals surface area contributed by atoms with Crippen molar-refractivity contribution < 1.29 is 4.42 Å². The minimum Gasteiger partial charge on any atom is -0.440 e. The third-order valence-corrected chi connectivity index (χ3v) is 9.70. The molecular formula is C26H30N6OS2. The minimum atomic E-state index is 0.373. The van der Waals surface area contributed by atoms with Gasteiger partial charge in [-0.2, -0.15) is 0 Å². The maximum atomic E-state index is 5.48. The first-order valence-corrected chi connectivity index (χ1v) is 13.9. The summed E-state index contributed by atoms with van der Waals surface area (Å²) < 4.78 is 7.48. The third-order valence-electron chi connectivity index (χ3n) is 7.48. The lowest BCUT2D eigenvalue weighted by Crippen LogP contribution is -2.27. The number of piperidine rings is 1. The van der Waals surface area contributed by atoms with Gasteiger partial charge in [0.1, 0.15) is 0 Å². The molecule has 6 rings (SSSR count). The molecule has 1 saturated heterocycles. The van der Waals surface area contributed by atoms with Gasteiger partial charge in [0.05, 0.1) is 21.3 Å². The fraction of sp³-hybridized carbons (Fsp3) is 0.462. The number of hydrogen-bond acceptors (Lipinski definition) is 8. The van der Waals surface area contributed by atoms with Crippen molar-refractivity contribution in [3.05, 3.63) is 52.6 Å². The van der Waals surface area contributed by atoms with Gasteiger partial charge in [0.2, 0.25) is 5.82 Å². The number of benzene rings is 1. The quantitative estimate of drug-likeness (QED) is 0.238. The topological polar surface area (TPSA) is 72.9 Å². The van der Waals surface area contributed by atoms with Crippen LogP contribution in [0.25, 0.3) is 22.0 Å². The van der Waals surface area contributed by atoms with Gasteiger partial charge in [0.15, 0.2) is 17.3 Å². The van der Waals surface area contributed by atoms with E-state index in [0.717, 1.165) is 52.0 Å². The van der Waals surface area contributed by atoms with Crippen LogP contribution >= 0.6 is 23.1 Å². The fourth-order valence-corrected chi connectivity index (χ4v) is 7.32. The van der Waals surface area contributed by atoms with Crippen molar-refractivity contribution >= 4 is 23.1 Å². The number of thiazole rings is 1. The van der Waals surface area contributed by atoms with Crippen LogP contribution in [0.2, 0.25) is 0 Å². The van der Waals surface area contributed by atoms with Crippen molar-refractivity contribution in [1.29, 1.82) is 0 Å². The van der Waals surface area contributed by atoms with Crippen LogP contribution in [0.1, 0.15) is 34.8 Å². The van der Waals surface area contributed by atoms with Gasteiger partial charge in [0, 0.05) is 31.3 Å². The molecule has 1 aliphatic heterocycles. The molecule has 0 spiro atoms. The van der Waals surface area contributed by atoms with Crippen molar-refractivity contribution in [2.45, 2.75) is 44.2 Å². The van der Waals surface area contributed by atoms with Crippen LogP contribution in [0.4, 0.5) is 0 Å². The van der Waals surface area contributed by atoms with Crippen molar-refractivity contribution in [2.75, 3.05) is 25.4 Å². The summed E-state index contributed by atoms with van der Waals surface area (Å²) in [4.78, 5) is 12.7. The number of rotatable bonds is 8. The minimum absolute atomic E-state index is 0.373. The van der Waals surface area contributed by atoms with E-state index in [1.165, 1.54) is 41.9 Å². The number of hydrogen-bond donors (Lipinski definition) is 0. The van der Waals surface area contributed by atoms with Crippen molar-refractivity contribution in [3.63, 3.8) is 0 Å². The zero-order valence-corrected chi connectivity index (χ0v) is 22.2. The van der Waals surface area contributed by atoms with E-state index in [1.807, 2.05) is 18.5 Å². The summed E-state index contributed by atoms with van der Waals surface area (Å²) in [5.41, 5.74) is 5.15. The number of thioether (sulfide) groups is 1. The molecule has 0 bridgehead atoms. The standard InChI is InChI=1S/C26H30N6OS2/c1-16-22(33-15-27-16)24-29-30-25(31(24)4)34-11-5-10-32-13-21-12-26(21,14-32)20-8-6-19(7-9-20)23-17(2)28-18(3)35-23/h6-9,15,21H,5,10-14H2,1-4H3/t21-,26+/m1/s1. The second-order valence-corrected chi connectivity index (χ2v) is 12.1. The molecule has 0 amide bonds. The van der Waals surface area contributed by atoms with Crippen molar-refractivity contribution in [3.8, 4) is 22.0 Å². The molecule has 0 radical (unpaired) electrons. The summed E-state index contributed by atoms with van der Waals surface area (Å²) in [6.45, 7) is 9.65. The third kappa shape index (κ3) is 4.13. The van der Waals surface area contributed by atoms with Crippen LogP contribution in [0.15, 0.2) is 40.2 Å². The number of aryl methyl sites for hydroxylation is 3. The maximum absolute atomic E-state index is 5.48. The first-order chi connectivity index (χ1) is 16.9. The molecule has 9 heteroatoms. The van der Waals surface area contributed by atoms with E-state index < -0.39 is 0 Å². The Morgan fingerprint density at radius 2 is 1.97 bits per heavy atom. The highest BCUT2D eigenvalue weighted by Gasteiger charge is 2.60. The molecule has 1 aromatic carbocycles. The lowest BCUT2D eigenvalue weighted by molar-refractivity contribution is 0.299. The Labute approximate surface area is 214 Å². The molecule has 4 heterocycles. The summed E-state index contributed by atoms with van der Waals surface area (Å²) in [5.74, 6) is 3.26. The average molecular weight is 507 g/mol. The first-order valence-electron chi connectivity index (χ1n) is 12.1. The van der Waals surface area contributed by atoms with Gasteiger partial charge in [-0.3, -0.25) is 0 Å². The predicted octanol–water partition coefficient (Wildman–Crippen LogP) is 5.27. The summed E-state index contributed by atoms with van der Waals surface area (Å²) in [5, 5.41) is 10.7. The highest BCUT2D eigenvalue weighted by molar-refractivity contribution is 7.99. The Kier molecular flexibility index (Phi) is 5.81. The Balaban J connectivity index is 1.02.